The number of ether oxygens (including phenoxy) is 1. The van der Waals surface area contributed by atoms with Crippen LogP contribution in [-0.2, 0) is 16.0 Å². The Hall–Kier alpha value is -3.26. The molecule has 0 atom stereocenters. The van der Waals surface area contributed by atoms with E-state index in [1.54, 1.807) is 7.11 Å². The van der Waals surface area contributed by atoms with Crippen molar-refractivity contribution in [2.45, 2.75) is 105 Å². The number of pyridine rings is 1. The van der Waals surface area contributed by atoms with E-state index in [4.69, 9.17) is 10.5 Å². The number of Topliss-reactive ketones (excluding diaryl/α,β-unsaturated/α-hetero) is 1. The van der Waals surface area contributed by atoms with Crippen molar-refractivity contribution in [3.8, 4) is 17.1 Å². The number of ketones is 1. The van der Waals surface area contributed by atoms with Gasteiger partial charge >= 0.3 is 0 Å². The number of rotatable bonds is 13. The lowest BCUT2D eigenvalue weighted by Crippen LogP contribution is -2.64. The number of aryl methyl sites for hydroxylation is 1. The Kier molecular flexibility index (Phi) is 13.2. The van der Waals surface area contributed by atoms with Crippen molar-refractivity contribution >= 4 is 22.6 Å². The van der Waals surface area contributed by atoms with Crippen molar-refractivity contribution in [3.63, 3.8) is 0 Å². The molecule has 1 aromatic carbocycles. The molecule has 1 aliphatic carbocycles. The number of carbonyl (C=O) groups excluding carboxylic acids is 2. The van der Waals surface area contributed by atoms with Crippen LogP contribution in [0.2, 0.25) is 0 Å². The summed E-state index contributed by atoms with van der Waals surface area (Å²) >= 11 is 0. The van der Waals surface area contributed by atoms with E-state index in [0.717, 1.165) is 66.5 Å². The monoisotopic (exact) mass is 591 g/mol. The van der Waals surface area contributed by atoms with E-state index in [1.807, 2.05) is 51.2 Å². The molecule has 1 amide bonds. The first-order chi connectivity index (χ1) is 20.7. The number of imidazole rings is 1. The fourth-order valence-corrected chi connectivity index (χ4v) is 6.25. The van der Waals surface area contributed by atoms with Crippen LogP contribution in [0.3, 0.4) is 0 Å². The second kappa shape index (κ2) is 16.6. The number of nitrogens with two attached hydrogens (primary N) is 1. The van der Waals surface area contributed by atoms with Gasteiger partial charge in [-0.05, 0) is 63.0 Å². The molecular formula is C35H53N5O3. The maximum Gasteiger partial charge on any atom is 0.223 e. The molecule has 1 saturated carbocycles. The van der Waals surface area contributed by atoms with Crippen molar-refractivity contribution in [2.75, 3.05) is 20.2 Å². The Bertz CT molecular complexity index is 1300. The predicted octanol–water partition coefficient (Wildman–Crippen LogP) is 7.11. The number of fused-ring (bicyclic) bond motifs is 1. The maximum absolute atomic E-state index is 11.3. The highest BCUT2D eigenvalue weighted by molar-refractivity contribution is 5.85. The molecular weight excluding hydrogens is 538 g/mol. The Balaban J connectivity index is 0.000000265. The molecule has 1 saturated heterocycles. The second-order valence-corrected chi connectivity index (χ2v) is 12.2. The molecule has 0 unspecified atom stereocenters. The number of aromatic nitrogens is 3. The molecule has 3 aromatic rings. The number of nitrogens with one attached hydrogen (secondary N) is 1. The predicted molar refractivity (Wildman–Crippen MR) is 175 cm³/mol. The van der Waals surface area contributed by atoms with Gasteiger partial charge in [0.25, 0.3) is 0 Å². The van der Waals surface area contributed by atoms with Crippen molar-refractivity contribution in [1.29, 1.82) is 0 Å². The first-order valence-electron chi connectivity index (χ1n) is 16.2. The van der Waals surface area contributed by atoms with E-state index in [-0.39, 0.29) is 5.91 Å². The van der Waals surface area contributed by atoms with Crippen LogP contribution < -0.4 is 10.5 Å². The summed E-state index contributed by atoms with van der Waals surface area (Å²) in [6.45, 7) is 12.9. The third kappa shape index (κ3) is 9.62. The Morgan fingerprint density at radius 2 is 1.81 bits per heavy atom. The number of likely N-dealkylation sites (tertiary alicyclic amines) is 1. The molecule has 2 aliphatic rings. The summed E-state index contributed by atoms with van der Waals surface area (Å²) in [5.41, 5.74) is 8.52. The molecule has 236 valence electrons. The van der Waals surface area contributed by atoms with Crippen molar-refractivity contribution in [2.24, 2.45) is 17.1 Å². The number of hydrogen-bond acceptors (Lipinski definition) is 6. The fourth-order valence-electron chi connectivity index (χ4n) is 6.25. The van der Waals surface area contributed by atoms with E-state index in [1.165, 1.54) is 25.9 Å². The second-order valence-electron chi connectivity index (χ2n) is 12.2. The van der Waals surface area contributed by atoms with Gasteiger partial charge in [0.05, 0.1) is 30.1 Å². The Morgan fingerprint density at radius 3 is 2.47 bits per heavy atom. The zero-order valence-corrected chi connectivity index (χ0v) is 27.2. The number of carbonyl (C=O) groups is 2. The number of hydrogen-bond donors (Lipinski definition) is 2. The van der Waals surface area contributed by atoms with Crippen LogP contribution in [0, 0.1) is 11.3 Å². The third-order valence-electron chi connectivity index (χ3n) is 8.56. The molecule has 2 fully saturated rings. The van der Waals surface area contributed by atoms with Gasteiger partial charge in [-0.2, -0.15) is 0 Å². The van der Waals surface area contributed by atoms with Gasteiger partial charge in [-0.1, -0.05) is 51.8 Å². The molecule has 5 rings (SSSR count). The van der Waals surface area contributed by atoms with E-state index < -0.39 is 0 Å². The molecule has 43 heavy (non-hydrogen) atoms. The first kappa shape index (κ1) is 34.2. The molecule has 3 N–H and O–H groups in total. The lowest BCUT2D eigenvalue weighted by Gasteiger charge is -2.60. The van der Waals surface area contributed by atoms with Gasteiger partial charge in [-0.3, -0.25) is 14.5 Å². The number of primary amides is 1. The minimum absolute atomic E-state index is 0.134. The average Bonchev–Trinajstić information content (AvgIpc) is 3.44. The van der Waals surface area contributed by atoms with Crippen molar-refractivity contribution in [3.05, 3.63) is 42.4 Å². The smallest absolute Gasteiger partial charge is 0.223 e. The molecule has 0 radical (unpaired) electrons. The maximum atomic E-state index is 11.3. The van der Waals surface area contributed by atoms with Crippen LogP contribution in [0.5, 0.6) is 5.88 Å². The summed E-state index contributed by atoms with van der Waals surface area (Å²) in [6.07, 6.45) is 11.5. The van der Waals surface area contributed by atoms with Crippen LogP contribution in [0.1, 0.15) is 98.2 Å². The zero-order valence-electron chi connectivity index (χ0n) is 27.2. The lowest BCUT2D eigenvalue weighted by atomic mass is 9.56. The van der Waals surface area contributed by atoms with Crippen LogP contribution >= 0.6 is 0 Å². The normalized spacial score (nSPS) is 15.6. The number of H-pyrrole nitrogens is 1. The fraction of sp³-hybridized carbons (Fsp3) is 0.600. The van der Waals surface area contributed by atoms with Crippen LogP contribution in [0.4, 0.5) is 0 Å². The average molecular weight is 592 g/mol. The Labute approximate surface area is 258 Å². The quantitative estimate of drug-likeness (QED) is 0.205. The summed E-state index contributed by atoms with van der Waals surface area (Å²) in [5, 5.41) is 1.08. The number of methoxy groups -OCH3 is 1. The number of nitrogens with zero attached hydrogens (tertiary/aromatic N) is 3. The molecule has 8 nitrogen and oxygen atoms in total. The molecule has 1 aliphatic heterocycles. The number of unbranched alkanes of at least 4 members (excludes halogenated alkanes) is 3. The summed E-state index contributed by atoms with van der Waals surface area (Å²) < 4.78 is 5.48. The van der Waals surface area contributed by atoms with Gasteiger partial charge in [0.2, 0.25) is 11.8 Å². The highest BCUT2D eigenvalue weighted by Gasteiger charge is 2.52. The van der Waals surface area contributed by atoms with Gasteiger partial charge in [0, 0.05) is 50.2 Å². The minimum Gasteiger partial charge on any atom is -0.480 e. The van der Waals surface area contributed by atoms with E-state index in [0.29, 0.717) is 41.9 Å². The summed E-state index contributed by atoms with van der Waals surface area (Å²) in [7, 11) is 1.64. The summed E-state index contributed by atoms with van der Waals surface area (Å²) in [5.74, 6) is 2.39. The van der Waals surface area contributed by atoms with Gasteiger partial charge in [-0.15, -0.1) is 0 Å². The SMILES string of the molecule is CC.CC(C)N1CC2(CC(CC(N)=O)C2)C1.CCC(=O)CCCCCCc1ncc(-c2cc3ccccc3nc2OC)[nH]1. The van der Waals surface area contributed by atoms with Crippen molar-refractivity contribution in [1.82, 2.24) is 19.9 Å². The van der Waals surface area contributed by atoms with Crippen molar-refractivity contribution < 1.29 is 14.3 Å². The van der Waals surface area contributed by atoms with Crippen LogP contribution in [-0.4, -0.2) is 57.8 Å². The van der Waals surface area contributed by atoms with Gasteiger partial charge < -0.3 is 15.5 Å². The highest BCUT2D eigenvalue weighted by atomic mass is 16.5. The van der Waals surface area contributed by atoms with Crippen LogP contribution in [0.15, 0.2) is 36.5 Å². The number of benzene rings is 1. The topological polar surface area (TPSA) is 114 Å². The molecule has 0 bridgehead atoms. The largest absolute Gasteiger partial charge is 0.480 e. The lowest BCUT2D eigenvalue weighted by molar-refractivity contribution is -0.129. The third-order valence-corrected chi connectivity index (χ3v) is 8.56. The molecule has 1 spiro atoms. The standard InChI is InChI=1S/C22H27N3O2.C11H20N2O.C2H6/c1-3-17(26)11-6-4-5-7-13-21-23-15-20(24-21)18-14-16-10-8-9-12-19(16)25-22(18)27-2;1-8(2)13-6-11(7-13)4-9(5-11)3-10(12)14;1-2/h8-10,12,14-15H,3-7,11,13H2,1-2H3,(H,23,24);8-9H,3-7H2,1-2H3,(H2,12,14);1-2H3. The highest BCUT2D eigenvalue weighted by Crippen LogP contribution is 2.53. The summed E-state index contributed by atoms with van der Waals surface area (Å²) in [4.78, 5) is 37.0. The van der Waals surface area contributed by atoms with Gasteiger partial charge in [0.1, 0.15) is 11.6 Å². The van der Waals surface area contributed by atoms with E-state index >= 15 is 0 Å². The Morgan fingerprint density at radius 1 is 1.12 bits per heavy atom. The molecule has 3 heterocycles. The van der Waals surface area contributed by atoms with Gasteiger partial charge in [-0.25, -0.2) is 9.97 Å². The number of aromatic amines is 1. The number of amides is 1. The van der Waals surface area contributed by atoms with E-state index in [2.05, 4.69) is 39.8 Å². The number of para-hydroxylation sites is 1. The molecule has 8 heteroatoms. The van der Waals surface area contributed by atoms with Gasteiger partial charge in [0.15, 0.2) is 0 Å². The summed E-state index contributed by atoms with van der Waals surface area (Å²) in [6, 6.07) is 10.8. The zero-order chi connectivity index (χ0) is 31.4. The molecule has 2 aromatic heterocycles. The van der Waals surface area contributed by atoms with Crippen LogP contribution in [0.25, 0.3) is 22.2 Å². The minimum atomic E-state index is -0.134. The van der Waals surface area contributed by atoms with E-state index in [9.17, 15) is 9.59 Å². The first-order valence-corrected chi connectivity index (χ1v) is 16.2.